The first-order valence-corrected chi connectivity index (χ1v) is 11.0. The fourth-order valence-electron chi connectivity index (χ4n) is 3.68. The van der Waals surface area contributed by atoms with Gasteiger partial charge in [-0.15, -0.1) is 0 Å². The molecule has 0 aliphatic heterocycles. The lowest BCUT2D eigenvalue weighted by Gasteiger charge is -2.13. The van der Waals surface area contributed by atoms with Crippen LogP contribution in [-0.4, -0.2) is 39.9 Å². The van der Waals surface area contributed by atoms with Crippen molar-refractivity contribution in [2.24, 2.45) is 0 Å². The van der Waals surface area contributed by atoms with Crippen LogP contribution >= 0.6 is 0 Å². The second-order valence-corrected chi connectivity index (χ2v) is 7.96. The van der Waals surface area contributed by atoms with Crippen molar-refractivity contribution in [2.45, 2.75) is 27.7 Å². The van der Waals surface area contributed by atoms with Gasteiger partial charge in [0.15, 0.2) is 18.2 Å². The number of fused-ring (bicyclic) bond motifs is 1. The first-order chi connectivity index (χ1) is 16.4. The zero-order valence-corrected chi connectivity index (χ0v) is 19.6. The van der Waals surface area contributed by atoms with Crippen LogP contribution in [0.25, 0.3) is 16.7 Å². The van der Waals surface area contributed by atoms with Crippen molar-refractivity contribution in [2.75, 3.05) is 18.5 Å². The molecule has 174 valence electrons. The van der Waals surface area contributed by atoms with Crippen molar-refractivity contribution < 1.29 is 19.1 Å². The van der Waals surface area contributed by atoms with Crippen LogP contribution in [0.3, 0.4) is 0 Å². The topological polar surface area (TPSA) is 95.3 Å². The van der Waals surface area contributed by atoms with Crippen LogP contribution in [0.2, 0.25) is 0 Å². The third-order valence-electron chi connectivity index (χ3n) is 5.33. The molecule has 34 heavy (non-hydrogen) atoms. The number of hydrogen-bond donors (Lipinski definition) is 1. The molecule has 0 saturated heterocycles. The molecular weight excluding hydrogens is 432 g/mol. The molecule has 0 aliphatic carbocycles. The van der Waals surface area contributed by atoms with E-state index in [1.54, 1.807) is 13.0 Å². The molecule has 2 aromatic heterocycles. The molecule has 0 spiro atoms. The number of amides is 1. The lowest BCUT2D eigenvalue weighted by molar-refractivity contribution is -0.118. The largest absolute Gasteiger partial charge is 0.484 e. The van der Waals surface area contributed by atoms with Gasteiger partial charge in [-0.05, 0) is 62.6 Å². The van der Waals surface area contributed by atoms with Gasteiger partial charge in [0, 0.05) is 5.39 Å². The number of nitrogens with zero attached hydrogens (tertiary/aromatic N) is 3. The Labute approximate surface area is 197 Å². The van der Waals surface area contributed by atoms with Gasteiger partial charge < -0.3 is 14.8 Å². The molecule has 4 rings (SSSR count). The molecule has 8 nitrogen and oxygen atoms in total. The molecule has 0 fully saturated rings. The molecular formula is C26H26N4O4. The number of carbonyl (C=O) groups excluding carboxylic acids is 2. The highest BCUT2D eigenvalue weighted by Gasteiger charge is 2.23. The Balaban J connectivity index is 1.69. The zero-order chi connectivity index (χ0) is 24.2. The number of hydrogen-bond acceptors (Lipinski definition) is 6. The van der Waals surface area contributed by atoms with E-state index in [0.29, 0.717) is 11.6 Å². The Hall–Kier alpha value is -4.20. The number of aryl methyl sites for hydroxylation is 3. The highest BCUT2D eigenvalue weighted by atomic mass is 16.5. The van der Waals surface area contributed by atoms with Gasteiger partial charge >= 0.3 is 5.97 Å². The van der Waals surface area contributed by atoms with Gasteiger partial charge in [0.2, 0.25) is 0 Å². The second-order valence-electron chi connectivity index (χ2n) is 7.96. The van der Waals surface area contributed by atoms with E-state index in [4.69, 9.17) is 14.5 Å². The summed E-state index contributed by atoms with van der Waals surface area (Å²) >= 11 is 0. The van der Waals surface area contributed by atoms with Crippen molar-refractivity contribution in [3.63, 3.8) is 0 Å². The van der Waals surface area contributed by atoms with Gasteiger partial charge in [-0.2, -0.15) is 9.78 Å². The molecule has 2 aromatic carbocycles. The predicted molar refractivity (Wildman–Crippen MR) is 130 cm³/mol. The zero-order valence-electron chi connectivity index (χ0n) is 19.6. The van der Waals surface area contributed by atoms with E-state index in [2.05, 4.69) is 10.4 Å². The minimum atomic E-state index is -0.586. The molecule has 0 saturated carbocycles. The molecule has 0 unspecified atom stereocenters. The van der Waals surface area contributed by atoms with Gasteiger partial charge in [-0.3, -0.25) is 4.79 Å². The fraction of sp³-hybridized carbons (Fsp3) is 0.231. The van der Waals surface area contributed by atoms with E-state index in [1.165, 1.54) is 10.9 Å². The second kappa shape index (κ2) is 9.74. The number of ether oxygens (including phenoxy) is 2. The van der Waals surface area contributed by atoms with Crippen LogP contribution in [0.4, 0.5) is 5.82 Å². The number of rotatable bonds is 7. The summed E-state index contributed by atoms with van der Waals surface area (Å²) in [5, 5.41) is 8.13. The van der Waals surface area contributed by atoms with Crippen molar-refractivity contribution in [3.05, 3.63) is 77.0 Å². The Morgan fingerprint density at radius 1 is 1.03 bits per heavy atom. The van der Waals surface area contributed by atoms with E-state index >= 15 is 0 Å². The minimum Gasteiger partial charge on any atom is -0.484 e. The van der Waals surface area contributed by atoms with Crippen molar-refractivity contribution >= 4 is 28.6 Å². The van der Waals surface area contributed by atoms with Crippen LogP contribution < -0.4 is 10.1 Å². The Kier molecular flexibility index (Phi) is 6.58. The van der Waals surface area contributed by atoms with E-state index in [-0.39, 0.29) is 24.6 Å². The molecule has 1 amide bonds. The number of aromatic nitrogens is 3. The standard InChI is InChI=1S/C26H26N4O4/c1-5-33-26(32)21-14-27-30(22-13-18(4)20-11-7-9-17(3)24(20)28-22)25(21)29-23(31)15-34-19-10-6-8-16(2)12-19/h6-14H,5,15H2,1-4H3,(H,29,31). The maximum atomic E-state index is 12.8. The highest BCUT2D eigenvalue weighted by Crippen LogP contribution is 2.26. The SMILES string of the molecule is CCOC(=O)c1cnn(-c2cc(C)c3cccc(C)c3n2)c1NC(=O)COc1cccc(C)c1. The molecule has 0 bridgehead atoms. The number of nitrogens with one attached hydrogen (secondary N) is 1. The highest BCUT2D eigenvalue weighted by molar-refractivity contribution is 6.01. The lowest BCUT2D eigenvalue weighted by Crippen LogP contribution is -2.23. The number of pyridine rings is 1. The van der Waals surface area contributed by atoms with E-state index < -0.39 is 11.9 Å². The third kappa shape index (κ3) is 4.76. The summed E-state index contributed by atoms with van der Waals surface area (Å²) < 4.78 is 12.2. The van der Waals surface area contributed by atoms with Crippen molar-refractivity contribution in [1.82, 2.24) is 14.8 Å². The van der Waals surface area contributed by atoms with Gasteiger partial charge in [0.05, 0.1) is 18.3 Å². The van der Waals surface area contributed by atoms with Crippen LogP contribution in [0.5, 0.6) is 5.75 Å². The normalized spacial score (nSPS) is 10.8. The first kappa shape index (κ1) is 23.0. The number of benzene rings is 2. The van der Waals surface area contributed by atoms with E-state index in [0.717, 1.165) is 27.6 Å². The average Bonchev–Trinajstić information content (AvgIpc) is 3.22. The molecule has 2 heterocycles. The summed E-state index contributed by atoms with van der Waals surface area (Å²) in [6.07, 6.45) is 1.37. The average molecular weight is 459 g/mol. The number of para-hydroxylation sites is 1. The molecule has 1 N–H and O–H groups in total. The molecule has 8 heteroatoms. The summed E-state index contributed by atoms with van der Waals surface area (Å²) in [4.78, 5) is 30.1. The quantitative estimate of drug-likeness (QED) is 0.409. The predicted octanol–water partition coefficient (Wildman–Crippen LogP) is 4.54. The Morgan fingerprint density at radius 3 is 2.59 bits per heavy atom. The maximum absolute atomic E-state index is 12.8. The van der Waals surface area contributed by atoms with E-state index in [9.17, 15) is 9.59 Å². The van der Waals surface area contributed by atoms with Crippen LogP contribution in [0.15, 0.2) is 54.7 Å². The molecule has 0 radical (unpaired) electrons. The minimum absolute atomic E-state index is 0.134. The summed E-state index contributed by atoms with van der Waals surface area (Å²) in [5.74, 6) is 0.206. The summed E-state index contributed by atoms with van der Waals surface area (Å²) in [6.45, 7) is 7.58. The van der Waals surface area contributed by atoms with Crippen LogP contribution in [0, 0.1) is 20.8 Å². The van der Waals surface area contributed by atoms with Gasteiger partial charge in [0.1, 0.15) is 11.3 Å². The van der Waals surface area contributed by atoms with E-state index in [1.807, 2.05) is 63.2 Å². The summed E-state index contributed by atoms with van der Waals surface area (Å²) in [7, 11) is 0. The number of esters is 1. The van der Waals surface area contributed by atoms with Gasteiger partial charge in [0.25, 0.3) is 5.91 Å². The smallest absolute Gasteiger partial charge is 0.343 e. The monoisotopic (exact) mass is 458 g/mol. The van der Waals surface area contributed by atoms with Crippen LogP contribution in [-0.2, 0) is 9.53 Å². The fourth-order valence-corrected chi connectivity index (χ4v) is 3.68. The third-order valence-corrected chi connectivity index (χ3v) is 5.33. The Morgan fingerprint density at radius 2 is 1.82 bits per heavy atom. The van der Waals surface area contributed by atoms with Gasteiger partial charge in [-0.25, -0.2) is 9.78 Å². The molecule has 4 aromatic rings. The van der Waals surface area contributed by atoms with Crippen molar-refractivity contribution in [1.29, 1.82) is 0 Å². The number of anilines is 1. The summed E-state index contributed by atoms with van der Waals surface area (Å²) in [5.41, 5.74) is 3.99. The maximum Gasteiger partial charge on any atom is 0.343 e. The molecule has 0 atom stereocenters. The summed E-state index contributed by atoms with van der Waals surface area (Å²) in [6, 6.07) is 15.2. The number of carbonyl (C=O) groups is 2. The lowest BCUT2D eigenvalue weighted by atomic mass is 10.1. The van der Waals surface area contributed by atoms with Gasteiger partial charge in [-0.1, -0.05) is 30.3 Å². The van der Waals surface area contributed by atoms with Crippen molar-refractivity contribution in [3.8, 4) is 11.6 Å². The first-order valence-electron chi connectivity index (χ1n) is 11.0. The molecule has 0 aliphatic rings. The van der Waals surface area contributed by atoms with Crippen LogP contribution in [0.1, 0.15) is 34.0 Å². The Bertz CT molecular complexity index is 1380.